The highest BCUT2D eigenvalue weighted by molar-refractivity contribution is 5.64. The summed E-state index contributed by atoms with van der Waals surface area (Å²) in [6, 6.07) is 11.0. The van der Waals surface area contributed by atoms with Gasteiger partial charge in [0.1, 0.15) is 11.6 Å². The summed E-state index contributed by atoms with van der Waals surface area (Å²) in [5.41, 5.74) is 2.86. The summed E-state index contributed by atoms with van der Waals surface area (Å²) in [5.74, 6) is 0.790. The molecule has 3 rings (SSSR count). The lowest BCUT2D eigenvalue weighted by Gasteiger charge is -2.26. The predicted octanol–water partition coefficient (Wildman–Crippen LogP) is 8.51. The van der Waals surface area contributed by atoms with Gasteiger partial charge in [-0.3, -0.25) is 0 Å². The first-order chi connectivity index (χ1) is 13.4. The van der Waals surface area contributed by atoms with E-state index in [-0.39, 0.29) is 5.56 Å². The van der Waals surface area contributed by atoms with Gasteiger partial charge in [-0.25, -0.2) is 8.78 Å². The Kier molecular flexibility index (Phi) is 9.15. The maximum atomic E-state index is 13.7. The monoisotopic (exact) mass is 386 g/mol. The predicted molar refractivity (Wildman–Crippen MR) is 117 cm³/mol. The smallest absolute Gasteiger partial charge is 0.129 e. The van der Waals surface area contributed by atoms with Crippen molar-refractivity contribution in [3.05, 3.63) is 59.2 Å². The molecule has 0 radical (unpaired) electrons. The van der Waals surface area contributed by atoms with E-state index in [0.29, 0.717) is 5.56 Å². The van der Waals surface area contributed by atoms with Crippen LogP contribution in [0.25, 0.3) is 11.1 Å². The van der Waals surface area contributed by atoms with Gasteiger partial charge in [-0.1, -0.05) is 83.6 Å². The Morgan fingerprint density at radius 2 is 1.36 bits per heavy atom. The maximum Gasteiger partial charge on any atom is 0.129 e. The minimum atomic E-state index is -0.486. The minimum absolute atomic E-state index is 0.0807. The minimum Gasteiger partial charge on any atom is -0.207 e. The van der Waals surface area contributed by atoms with Gasteiger partial charge in [0.05, 0.1) is 0 Å². The zero-order valence-corrected chi connectivity index (χ0v) is 18.0. The molecule has 0 aromatic heterocycles. The Morgan fingerprint density at radius 1 is 0.821 bits per heavy atom. The van der Waals surface area contributed by atoms with Gasteiger partial charge in [-0.15, -0.1) is 0 Å². The first-order valence-corrected chi connectivity index (χ1v) is 11.0. The molecular weight excluding hydrogens is 350 g/mol. The molecule has 2 heteroatoms. The lowest BCUT2D eigenvalue weighted by atomic mass is 9.80. The van der Waals surface area contributed by atoms with Crippen LogP contribution in [0.15, 0.2) is 36.4 Å². The lowest BCUT2D eigenvalue weighted by molar-refractivity contribution is 0.278. The van der Waals surface area contributed by atoms with E-state index in [9.17, 15) is 8.78 Å². The van der Waals surface area contributed by atoms with Crippen LogP contribution >= 0.6 is 0 Å². The summed E-state index contributed by atoms with van der Waals surface area (Å²) in [7, 11) is 0. The van der Waals surface area contributed by atoms with Crippen molar-refractivity contribution in [3.63, 3.8) is 0 Å². The Hall–Kier alpha value is -1.70. The number of hydrogen-bond acceptors (Lipinski definition) is 0. The van der Waals surface area contributed by atoms with Crippen molar-refractivity contribution in [2.45, 2.75) is 79.1 Å². The summed E-state index contributed by atoms with van der Waals surface area (Å²) in [6.07, 6.45) is 10.4. The zero-order valence-electron chi connectivity index (χ0n) is 18.0. The summed E-state index contributed by atoms with van der Waals surface area (Å²) < 4.78 is 27.4. The quantitative estimate of drug-likeness (QED) is 0.483. The van der Waals surface area contributed by atoms with Crippen molar-refractivity contribution in [3.8, 4) is 11.1 Å². The van der Waals surface area contributed by atoms with Gasteiger partial charge >= 0.3 is 0 Å². The van der Waals surface area contributed by atoms with Gasteiger partial charge in [-0.05, 0) is 60.4 Å². The van der Waals surface area contributed by atoms with Gasteiger partial charge in [-0.2, -0.15) is 0 Å². The van der Waals surface area contributed by atoms with Crippen LogP contribution in [-0.4, -0.2) is 0 Å². The molecule has 1 aliphatic rings. The Morgan fingerprint density at radius 3 is 1.86 bits per heavy atom. The van der Waals surface area contributed by atoms with Gasteiger partial charge in [0.25, 0.3) is 0 Å². The van der Waals surface area contributed by atoms with E-state index in [1.54, 1.807) is 0 Å². The molecule has 0 unspecified atom stereocenters. The fourth-order valence-electron chi connectivity index (χ4n) is 3.66. The second-order valence-corrected chi connectivity index (χ2v) is 8.43. The number of aryl methyl sites for hydroxylation is 1. The highest BCUT2D eigenvalue weighted by Crippen LogP contribution is 2.31. The Labute approximate surface area is 170 Å². The number of benzene rings is 2. The van der Waals surface area contributed by atoms with Gasteiger partial charge in [0, 0.05) is 5.56 Å². The molecule has 1 saturated carbocycles. The van der Waals surface area contributed by atoms with Crippen molar-refractivity contribution in [2.24, 2.45) is 11.8 Å². The van der Waals surface area contributed by atoms with E-state index in [2.05, 4.69) is 32.9 Å². The summed E-state index contributed by atoms with van der Waals surface area (Å²) >= 11 is 0. The highest BCUT2D eigenvalue weighted by Gasteiger charge is 2.17. The van der Waals surface area contributed by atoms with Crippen LogP contribution in [-0.2, 0) is 6.42 Å². The second-order valence-electron chi connectivity index (χ2n) is 8.43. The molecule has 0 aliphatic heterocycles. The summed E-state index contributed by atoms with van der Waals surface area (Å²) in [4.78, 5) is 0. The highest BCUT2D eigenvalue weighted by atomic mass is 19.1. The molecular formula is C26H36F2. The molecule has 0 N–H and O–H groups in total. The van der Waals surface area contributed by atoms with Crippen molar-refractivity contribution in [1.82, 2.24) is 0 Å². The van der Waals surface area contributed by atoms with Gasteiger partial charge < -0.3 is 0 Å². The van der Waals surface area contributed by atoms with Crippen LogP contribution in [0, 0.1) is 30.4 Å². The van der Waals surface area contributed by atoms with E-state index >= 15 is 0 Å². The lowest BCUT2D eigenvalue weighted by Crippen LogP contribution is -2.12. The van der Waals surface area contributed by atoms with Crippen molar-refractivity contribution in [1.29, 1.82) is 0 Å². The molecule has 154 valence electrons. The summed E-state index contributed by atoms with van der Waals surface area (Å²) in [5, 5.41) is 0. The first-order valence-electron chi connectivity index (χ1n) is 11.0. The molecule has 0 amide bonds. The van der Waals surface area contributed by atoms with Crippen LogP contribution in [0.1, 0.15) is 76.8 Å². The molecule has 0 spiro atoms. The number of rotatable bonds is 5. The maximum absolute atomic E-state index is 13.7. The fourth-order valence-corrected chi connectivity index (χ4v) is 3.66. The largest absolute Gasteiger partial charge is 0.207 e. The Balaban J connectivity index is 0.000000640. The Bertz CT molecular complexity index is 685. The SMILES string of the molecule is CCCC.Cc1c(F)cc(-c2ccc(CCC3CCC(C)CC3)cc2)cc1F. The zero-order chi connectivity index (χ0) is 20.5. The molecule has 28 heavy (non-hydrogen) atoms. The number of hydrogen-bond donors (Lipinski definition) is 0. The van der Waals surface area contributed by atoms with E-state index < -0.39 is 11.6 Å². The standard InChI is InChI=1S/C22H26F2.C4H10/c1-15-3-5-17(6-4-15)7-8-18-9-11-19(12-10-18)20-13-21(23)16(2)22(24)14-20;1-3-4-2/h9-15,17H,3-8H2,1-2H3;3-4H2,1-2H3. The van der Waals surface area contributed by atoms with Crippen molar-refractivity contribution in [2.75, 3.05) is 0 Å². The third kappa shape index (κ3) is 6.72. The summed E-state index contributed by atoms with van der Waals surface area (Å²) in [6.45, 7) is 8.18. The normalized spacial score (nSPS) is 19.1. The molecule has 2 aromatic carbocycles. The molecule has 0 atom stereocenters. The second kappa shape index (κ2) is 11.3. The molecule has 2 aromatic rings. The van der Waals surface area contributed by atoms with E-state index in [4.69, 9.17) is 0 Å². The van der Waals surface area contributed by atoms with E-state index in [1.807, 2.05) is 12.1 Å². The molecule has 1 aliphatic carbocycles. The number of unbranched alkanes of at least 4 members (excludes halogenated alkanes) is 1. The molecule has 0 saturated heterocycles. The average molecular weight is 387 g/mol. The molecule has 0 heterocycles. The van der Waals surface area contributed by atoms with E-state index in [1.165, 1.54) is 69.6 Å². The van der Waals surface area contributed by atoms with E-state index in [0.717, 1.165) is 23.8 Å². The third-order valence-electron chi connectivity index (χ3n) is 6.04. The molecule has 1 fully saturated rings. The molecule has 0 nitrogen and oxygen atoms in total. The number of halogens is 2. The van der Waals surface area contributed by atoms with Crippen molar-refractivity contribution >= 4 is 0 Å². The van der Waals surface area contributed by atoms with Crippen LogP contribution in [0.4, 0.5) is 8.78 Å². The van der Waals surface area contributed by atoms with Gasteiger partial charge in [0.2, 0.25) is 0 Å². The van der Waals surface area contributed by atoms with Crippen LogP contribution < -0.4 is 0 Å². The van der Waals surface area contributed by atoms with Crippen LogP contribution in [0.3, 0.4) is 0 Å². The average Bonchev–Trinajstić information content (AvgIpc) is 2.72. The van der Waals surface area contributed by atoms with Crippen molar-refractivity contribution < 1.29 is 8.78 Å². The molecule has 0 bridgehead atoms. The third-order valence-corrected chi connectivity index (χ3v) is 6.04. The fraction of sp³-hybridized carbons (Fsp3) is 0.538. The first kappa shape index (κ1) is 22.6. The van der Waals surface area contributed by atoms with Crippen LogP contribution in [0.2, 0.25) is 0 Å². The van der Waals surface area contributed by atoms with Crippen LogP contribution in [0.5, 0.6) is 0 Å². The van der Waals surface area contributed by atoms with Gasteiger partial charge in [0.15, 0.2) is 0 Å². The topological polar surface area (TPSA) is 0 Å².